The van der Waals surface area contributed by atoms with Crippen molar-refractivity contribution < 1.29 is 4.79 Å². The number of halogens is 2. The SMILES string of the molecule is CC(=O)N1CCN(c2nccc(Nc3cc(Cl)cc(Cl)c3)n2)CC1. The zero-order valence-electron chi connectivity index (χ0n) is 13.2. The van der Waals surface area contributed by atoms with Gasteiger partial charge in [-0.05, 0) is 24.3 Å². The average Bonchev–Trinajstić information content (AvgIpc) is 2.54. The Morgan fingerprint density at radius 2 is 1.79 bits per heavy atom. The molecule has 1 aliphatic rings. The monoisotopic (exact) mass is 365 g/mol. The Bertz CT molecular complexity index is 727. The molecular weight excluding hydrogens is 349 g/mol. The fourth-order valence-corrected chi connectivity index (χ4v) is 3.09. The van der Waals surface area contributed by atoms with Gasteiger partial charge in [-0.25, -0.2) is 4.98 Å². The van der Waals surface area contributed by atoms with Gasteiger partial charge >= 0.3 is 0 Å². The van der Waals surface area contributed by atoms with Gasteiger partial charge < -0.3 is 15.1 Å². The van der Waals surface area contributed by atoms with Gasteiger partial charge in [-0.2, -0.15) is 4.98 Å². The summed E-state index contributed by atoms with van der Waals surface area (Å²) in [6.45, 7) is 4.38. The van der Waals surface area contributed by atoms with Gasteiger partial charge in [-0.15, -0.1) is 0 Å². The van der Waals surface area contributed by atoms with Gasteiger partial charge in [0.1, 0.15) is 5.82 Å². The molecule has 1 N–H and O–H groups in total. The van der Waals surface area contributed by atoms with Crippen molar-refractivity contribution in [1.82, 2.24) is 14.9 Å². The van der Waals surface area contributed by atoms with Crippen LogP contribution in [-0.4, -0.2) is 47.0 Å². The van der Waals surface area contributed by atoms with Crippen molar-refractivity contribution in [2.45, 2.75) is 6.92 Å². The second kappa shape index (κ2) is 7.23. The maximum atomic E-state index is 11.4. The highest BCUT2D eigenvalue weighted by Gasteiger charge is 2.20. The number of rotatable bonds is 3. The molecule has 0 radical (unpaired) electrons. The number of carbonyl (C=O) groups excluding carboxylic acids is 1. The van der Waals surface area contributed by atoms with Crippen molar-refractivity contribution in [3.63, 3.8) is 0 Å². The number of benzene rings is 1. The van der Waals surface area contributed by atoms with Crippen molar-refractivity contribution >= 4 is 46.6 Å². The van der Waals surface area contributed by atoms with Crippen LogP contribution in [0.1, 0.15) is 6.92 Å². The van der Waals surface area contributed by atoms with Gasteiger partial charge in [-0.1, -0.05) is 23.2 Å². The molecule has 1 fully saturated rings. The number of aromatic nitrogens is 2. The lowest BCUT2D eigenvalue weighted by atomic mass is 10.3. The molecule has 2 aromatic rings. The zero-order chi connectivity index (χ0) is 17.1. The number of carbonyl (C=O) groups is 1. The van der Waals surface area contributed by atoms with Crippen LogP contribution in [0.5, 0.6) is 0 Å². The van der Waals surface area contributed by atoms with E-state index in [2.05, 4.69) is 20.2 Å². The summed E-state index contributed by atoms with van der Waals surface area (Å²) < 4.78 is 0. The van der Waals surface area contributed by atoms with Gasteiger partial charge in [0.05, 0.1) is 0 Å². The molecule has 0 atom stereocenters. The second-order valence-corrected chi connectivity index (χ2v) is 6.39. The van der Waals surface area contributed by atoms with Crippen LogP contribution in [0.15, 0.2) is 30.5 Å². The van der Waals surface area contributed by atoms with Gasteiger partial charge in [0, 0.05) is 55.0 Å². The first kappa shape index (κ1) is 16.8. The molecule has 0 bridgehead atoms. The summed E-state index contributed by atoms with van der Waals surface area (Å²) in [6.07, 6.45) is 1.70. The minimum Gasteiger partial charge on any atom is -0.340 e. The summed E-state index contributed by atoms with van der Waals surface area (Å²) in [7, 11) is 0. The van der Waals surface area contributed by atoms with E-state index in [0.29, 0.717) is 48.0 Å². The molecule has 0 saturated carbocycles. The summed E-state index contributed by atoms with van der Waals surface area (Å²) in [5.74, 6) is 1.40. The third kappa shape index (κ3) is 4.07. The van der Waals surface area contributed by atoms with Crippen molar-refractivity contribution in [3.05, 3.63) is 40.5 Å². The highest BCUT2D eigenvalue weighted by Crippen LogP contribution is 2.25. The molecule has 1 amide bonds. The maximum Gasteiger partial charge on any atom is 0.227 e. The zero-order valence-corrected chi connectivity index (χ0v) is 14.7. The number of amides is 1. The minimum atomic E-state index is 0.101. The smallest absolute Gasteiger partial charge is 0.227 e. The quantitative estimate of drug-likeness (QED) is 0.904. The first-order valence-corrected chi connectivity index (χ1v) is 8.33. The molecule has 1 aliphatic heterocycles. The van der Waals surface area contributed by atoms with Crippen molar-refractivity contribution in [1.29, 1.82) is 0 Å². The van der Waals surface area contributed by atoms with E-state index in [4.69, 9.17) is 23.2 Å². The molecule has 126 valence electrons. The van der Waals surface area contributed by atoms with Crippen LogP contribution in [0.3, 0.4) is 0 Å². The number of piperazine rings is 1. The number of hydrogen-bond donors (Lipinski definition) is 1. The highest BCUT2D eigenvalue weighted by molar-refractivity contribution is 6.35. The Kier molecular flexibility index (Phi) is 5.06. The number of hydrogen-bond acceptors (Lipinski definition) is 5. The van der Waals surface area contributed by atoms with Crippen LogP contribution >= 0.6 is 23.2 Å². The second-order valence-electron chi connectivity index (χ2n) is 5.52. The number of anilines is 3. The fraction of sp³-hybridized carbons (Fsp3) is 0.312. The summed E-state index contributed by atoms with van der Waals surface area (Å²) in [6, 6.07) is 7.01. The van der Waals surface area contributed by atoms with Crippen LogP contribution < -0.4 is 10.2 Å². The average molecular weight is 366 g/mol. The topological polar surface area (TPSA) is 61.4 Å². The summed E-state index contributed by atoms with van der Waals surface area (Å²) in [5.41, 5.74) is 0.763. The minimum absolute atomic E-state index is 0.101. The molecule has 1 aromatic carbocycles. The Balaban J connectivity index is 1.71. The highest BCUT2D eigenvalue weighted by atomic mass is 35.5. The van der Waals surface area contributed by atoms with E-state index < -0.39 is 0 Å². The van der Waals surface area contributed by atoms with E-state index in [1.165, 1.54) is 0 Å². The van der Waals surface area contributed by atoms with Crippen LogP contribution in [0.4, 0.5) is 17.5 Å². The number of nitrogens with zero attached hydrogens (tertiary/aromatic N) is 4. The van der Waals surface area contributed by atoms with E-state index in [1.807, 2.05) is 4.90 Å². The summed E-state index contributed by atoms with van der Waals surface area (Å²) in [4.78, 5) is 24.2. The molecule has 24 heavy (non-hydrogen) atoms. The lowest BCUT2D eigenvalue weighted by molar-refractivity contribution is -0.129. The lowest BCUT2D eigenvalue weighted by Crippen LogP contribution is -2.48. The molecule has 0 unspecified atom stereocenters. The molecule has 1 saturated heterocycles. The lowest BCUT2D eigenvalue weighted by Gasteiger charge is -2.34. The van der Waals surface area contributed by atoms with Crippen molar-refractivity contribution in [2.75, 3.05) is 36.4 Å². The van der Waals surface area contributed by atoms with Gasteiger partial charge in [0.25, 0.3) is 0 Å². The summed E-state index contributed by atoms with van der Waals surface area (Å²) in [5, 5.41) is 4.29. The van der Waals surface area contributed by atoms with Crippen LogP contribution in [0.25, 0.3) is 0 Å². The molecule has 1 aromatic heterocycles. The third-order valence-corrected chi connectivity index (χ3v) is 4.22. The molecule has 2 heterocycles. The predicted octanol–water partition coefficient (Wildman–Crippen LogP) is 3.20. The van der Waals surface area contributed by atoms with Crippen molar-refractivity contribution in [2.24, 2.45) is 0 Å². The standard InChI is InChI=1S/C16H17Cl2N5O/c1-11(24)22-4-6-23(7-5-22)16-19-3-2-15(21-16)20-14-9-12(17)8-13(18)10-14/h2-3,8-10H,4-7H2,1H3,(H,19,20,21). The van der Waals surface area contributed by atoms with E-state index in [1.54, 1.807) is 37.4 Å². The van der Waals surface area contributed by atoms with E-state index in [9.17, 15) is 4.79 Å². The Morgan fingerprint density at radius 1 is 1.12 bits per heavy atom. The molecule has 0 spiro atoms. The molecular formula is C16H17Cl2N5O. The first-order valence-electron chi connectivity index (χ1n) is 7.58. The molecule has 3 rings (SSSR count). The van der Waals surface area contributed by atoms with Gasteiger partial charge in [0.15, 0.2) is 0 Å². The van der Waals surface area contributed by atoms with Crippen LogP contribution in [0, 0.1) is 0 Å². The van der Waals surface area contributed by atoms with E-state index >= 15 is 0 Å². The Labute approximate surface area is 150 Å². The maximum absolute atomic E-state index is 11.4. The molecule has 6 nitrogen and oxygen atoms in total. The number of nitrogens with one attached hydrogen (secondary N) is 1. The predicted molar refractivity (Wildman–Crippen MR) is 96.2 cm³/mol. The Hall–Kier alpha value is -2.05. The van der Waals surface area contributed by atoms with Crippen LogP contribution in [-0.2, 0) is 4.79 Å². The van der Waals surface area contributed by atoms with E-state index in [0.717, 1.165) is 5.69 Å². The molecule has 8 heteroatoms. The van der Waals surface area contributed by atoms with Gasteiger partial charge in [-0.3, -0.25) is 4.79 Å². The Morgan fingerprint density at radius 3 is 2.42 bits per heavy atom. The van der Waals surface area contributed by atoms with E-state index in [-0.39, 0.29) is 5.91 Å². The van der Waals surface area contributed by atoms with Crippen molar-refractivity contribution in [3.8, 4) is 0 Å². The molecule has 0 aliphatic carbocycles. The summed E-state index contributed by atoms with van der Waals surface area (Å²) >= 11 is 12.0. The third-order valence-electron chi connectivity index (χ3n) is 3.79. The van der Waals surface area contributed by atoms with Gasteiger partial charge in [0.2, 0.25) is 11.9 Å². The first-order chi connectivity index (χ1) is 11.5. The fourth-order valence-electron chi connectivity index (χ4n) is 2.57. The van der Waals surface area contributed by atoms with Crippen LogP contribution in [0.2, 0.25) is 10.0 Å². The largest absolute Gasteiger partial charge is 0.340 e. The normalized spacial score (nSPS) is 14.6.